The van der Waals surface area contributed by atoms with E-state index in [4.69, 9.17) is 9.15 Å². The number of fused-ring (bicyclic) bond motifs is 2. The van der Waals surface area contributed by atoms with Crippen molar-refractivity contribution in [3.63, 3.8) is 0 Å². The zero-order valence-electron chi connectivity index (χ0n) is 22.2. The molecule has 3 N–H and O–H groups in total. The van der Waals surface area contributed by atoms with Crippen molar-refractivity contribution in [2.45, 2.75) is 13.1 Å². The molecule has 1 aliphatic heterocycles. The molecule has 0 radical (unpaired) electrons. The van der Waals surface area contributed by atoms with Gasteiger partial charge in [0.15, 0.2) is 5.43 Å². The number of aromatic carboxylic acids is 1. The number of likely N-dealkylation sites (N-methyl/N-ethyl adjacent to an activating group) is 1. The molecule has 3 aromatic rings. The van der Waals surface area contributed by atoms with Crippen molar-refractivity contribution in [3.8, 4) is 28.2 Å². The fraction of sp³-hybridized carbons (Fsp3) is 0.167. The lowest BCUT2D eigenvalue weighted by Gasteiger charge is -2.17. The third-order valence-corrected chi connectivity index (χ3v) is 6.30. The van der Waals surface area contributed by atoms with Gasteiger partial charge in [-0.2, -0.15) is 0 Å². The van der Waals surface area contributed by atoms with Crippen LogP contribution in [0.2, 0.25) is 0 Å². The molecule has 1 aliphatic carbocycles. The average Bonchev–Trinajstić information content (AvgIpc) is 3.42. The van der Waals surface area contributed by atoms with Gasteiger partial charge < -0.3 is 24.9 Å². The van der Waals surface area contributed by atoms with Gasteiger partial charge >= 0.3 is 5.97 Å². The van der Waals surface area contributed by atoms with Gasteiger partial charge in [-0.05, 0) is 42.9 Å². The first-order valence-corrected chi connectivity index (χ1v) is 12.9. The standard InChI is InChI=1S/C30H27N5O6/c1-31-12-4-7-28(37)32-17-19-18-35(34-33-19)13-14-40-21-9-11-25-27(16-21)41-26-15-20(36)8-10-24(26)29(25)22-5-2-3-6-23(22)30(38)39/h2-11,15-16,18,31H,12-14,17H2,1H3,(H,32,37)(H,38,39)/b7-4+. The summed E-state index contributed by atoms with van der Waals surface area (Å²) in [4.78, 5) is 35.9. The lowest BCUT2D eigenvalue weighted by molar-refractivity contribution is -0.116. The number of aromatic nitrogens is 3. The molecule has 0 spiro atoms. The second-order valence-corrected chi connectivity index (χ2v) is 9.14. The second kappa shape index (κ2) is 12.3. The molecule has 0 bridgehead atoms. The SMILES string of the molecule is CNC/C=C/C(=O)NCc1cn(CCOc2ccc3c(-c4ccccc4C(=O)O)c4ccc(=O)cc-4oc3c2)nn1. The molecule has 11 nitrogen and oxygen atoms in total. The summed E-state index contributed by atoms with van der Waals surface area (Å²) in [5.41, 5.74) is 2.79. The summed E-state index contributed by atoms with van der Waals surface area (Å²) < 4.78 is 13.6. The number of carbonyl (C=O) groups excluding carboxylic acids is 1. The lowest BCUT2D eigenvalue weighted by Crippen LogP contribution is -2.21. The Balaban J connectivity index is 1.34. The van der Waals surface area contributed by atoms with Crippen LogP contribution in [0, 0.1) is 0 Å². The zero-order chi connectivity index (χ0) is 28.8. The quantitative estimate of drug-likeness (QED) is 0.165. The number of nitrogens with one attached hydrogen (secondary N) is 2. The monoisotopic (exact) mass is 553 g/mol. The van der Waals surface area contributed by atoms with Crippen LogP contribution in [0.3, 0.4) is 0 Å². The van der Waals surface area contributed by atoms with Crippen LogP contribution in [0.15, 0.2) is 88.2 Å². The second-order valence-electron chi connectivity index (χ2n) is 9.14. The first kappa shape index (κ1) is 27.3. The summed E-state index contributed by atoms with van der Waals surface area (Å²) in [6.07, 6.45) is 4.92. The van der Waals surface area contributed by atoms with Gasteiger partial charge in [-0.3, -0.25) is 9.59 Å². The predicted molar refractivity (Wildman–Crippen MR) is 152 cm³/mol. The van der Waals surface area contributed by atoms with Crippen LogP contribution in [-0.2, 0) is 17.9 Å². The van der Waals surface area contributed by atoms with Crippen LogP contribution in [0.25, 0.3) is 33.4 Å². The topological polar surface area (TPSA) is 149 Å². The number of benzene rings is 3. The molecule has 1 amide bonds. The number of rotatable bonds is 11. The Hall–Kier alpha value is -5.29. The lowest BCUT2D eigenvalue weighted by atomic mass is 9.91. The highest BCUT2D eigenvalue weighted by molar-refractivity contribution is 6.07. The van der Waals surface area contributed by atoms with Crippen molar-refractivity contribution in [1.82, 2.24) is 25.6 Å². The average molecular weight is 554 g/mol. The van der Waals surface area contributed by atoms with Gasteiger partial charge in [-0.1, -0.05) is 29.5 Å². The molecule has 0 fully saturated rings. The summed E-state index contributed by atoms with van der Waals surface area (Å²) in [5.74, 6) is -0.397. The van der Waals surface area contributed by atoms with E-state index in [2.05, 4.69) is 20.9 Å². The first-order valence-electron chi connectivity index (χ1n) is 12.9. The fourth-order valence-corrected chi connectivity index (χ4v) is 4.42. The van der Waals surface area contributed by atoms with Crippen LogP contribution in [0.5, 0.6) is 5.75 Å². The summed E-state index contributed by atoms with van der Waals surface area (Å²) >= 11 is 0. The normalized spacial score (nSPS) is 11.3. The van der Waals surface area contributed by atoms with Crippen molar-refractivity contribution >= 4 is 22.8 Å². The molecular formula is C30H27N5O6. The van der Waals surface area contributed by atoms with Gasteiger partial charge in [-0.25, -0.2) is 9.48 Å². The van der Waals surface area contributed by atoms with Crippen molar-refractivity contribution in [3.05, 3.63) is 100 Å². The molecule has 0 atom stereocenters. The Morgan fingerprint density at radius 1 is 1.10 bits per heavy atom. The Morgan fingerprint density at radius 2 is 1.95 bits per heavy atom. The molecule has 0 saturated heterocycles. The highest BCUT2D eigenvalue weighted by Crippen LogP contribution is 2.41. The Labute approximate surface area is 234 Å². The van der Waals surface area contributed by atoms with E-state index in [-0.39, 0.29) is 30.1 Å². The van der Waals surface area contributed by atoms with Gasteiger partial charge in [0.25, 0.3) is 0 Å². The smallest absolute Gasteiger partial charge is 0.336 e. The number of carbonyl (C=O) groups is 2. The van der Waals surface area contributed by atoms with E-state index in [0.29, 0.717) is 58.0 Å². The Kier molecular flexibility index (Phi) is 8.16. The van der Waals surface area contributed by atoms with Crippen molar-refractivity contribution in [1.29, 1.82) is 0 Å². The van der Waals surface area contributed by atoms with Gasteiger partial charge in [-0.15, -0.1) is 5.10 Å². The van der Waals surface area contributed by atoms with Gasteiger partial charge in [0.2, 0.25) is 5.91 Å². The highest BCUT2D eigenvalue weighted by atomic mass is 16.5. The molecule has 1 aromatic heterocycles. The minimum atomic E-state index is -1.05. The van der Waals surface area contributed by atoms with Gasteiger partial charge in [0, 0.05) is 41.3 Å². The van der Waals surface area contributed by atoms with E-state index in [1.165, 1.54) is 18.2 Å². The number of hydrogen-bond acceptors (Lipinski definition) is 8. The van der Waals surface area contributed by atoms with Gasteiger partial charge in [0.05, 0.1) is 24.8 Å². The number of nitrogens with zero attached hydrogens (tertiary/aromatic N) is 3. The van der Waals surface area contributed by atoms with E-state index in [1.807, 2.05) is 6.07 Å². The largest absolute Gasteiger partial charge is 0.492 e. The maximum absolute atomic E-state index is 12.1. The Morgan fingerprint density at radius 3 is 2.78 bits per heavy atom. The van der Waals surface area contributed by atoms with E-state index < -0.39 is 5.97 Å². The minimum Gasteiger partial charge on any atom is -0.492 e. The van der Waals surface area contributed by atoms with Crippen LogP contribution in [-0.4, -0.2) is 52.2 Å². The number of amides is 1. The van der Waals surface area contributed by atoms with Gasteiger partial charge in [0.1, 0.15) is 29.4 Å². The number of carboxylic acid groups (broad SMARTS) is 1. The molecule has 208 valence electrons. The number of carboxylic acids is 1. The van der Waals surface area contributed by atoms with E-state index in [9.17, 15) is 19.5 Å². The van der Waals surface area contributed by atoms with E-state index >= 15 is 0 Å². The number of ether oxygens (including phenoxy) is 1. The van der Waals surface area contributed by atoms with E-state index in [0.717, 1.165) is 0 Å². The summed E-state index contributed by atoms with van der Waals surface area (Å²) in [5, 5.41) is 24.3. The third kappa shape index (κ3) is 6.31. The molecule has 5 rings (SSSR count). The molecule has 0 saturated carbocycles. The van der Waals surface area contributed by atoms with Crippen molar-refractivity contribution < 1.29 is 23.8 Å². The van der Waals surface area contributed by atoms with Crippen LogP contribution >= 0.6 is 0 Å². The minimum absolute atomic E-state index is 0.143. The molecule has 11 heteroatoms. The maximum Gasteiger partial charge on any atom is 0.336 e. The summed E-state index contributed by atoms with van der Waals surface area (Å²) in [6, 6.07) is 16.5. The van der Waals surface area contributed by atoms with E-state index in [1.54, 1.807) is 66.5 Å². The molecule has 2 aliphatic rings. The molecule has 41 heavy (non-hydrogen) atoms. The third-order valence-electron chi connectivity index (χ3n) is 6.30. The van der Waals surface area contributed by atoms with Crippen LogP contribution in [0.1, 0.15) is 16.1 Å². The Bertz CT molecular complexity index is 1770. The maximum atomic E-state index is 12.1. The highest BCUT2D eigenvalue weighted by Gasteiger charge is 2.21. The number of hydrogen-bond donors (Lipinski definition) is 3. The van der Waals surface area contributed by atoms with Crippen molar-refractivity contribution in [2.75, 3.05) is 20.2 Å². The zero-order valence-corrected chi connectivity index (χ0v) is 22.2. The first-order chi connectivity index (χ1) is 19.9. The van der Waals surface area contributed by atoms with Crippen molar-refractivity contribution in [2.24, 2.45) is 0 Å². The molecule has 2 heterocycles. The molecular weight excluding hydrogens is 526 g/mol. The fourth-order valence-electron chi connectivity index (χ4n) is 4.42. The summed E-state index contributed by atoms with van der Waals surface area (Å²) in [6.45, 7) is 1.54. The molecule has 0 unspecified atom stereocenters. The molecule has 2 aromatic carbocycles. The predicted octanol–water partition coefficient (Wildman–Crippen LogP) is 3.33. The van der Waals surface area contributed by atoms with Crippen LogP contribution in [0.4, 0.5) is 0 Å². The van der Waals surface area contributed by atoms with Crippen LogP contribution < -0.4 is 20.8 Å². The summed E-state index contributed by atoms with van der Waals surface area (Å²) in [7, 11) is 1.80.